The van der Waals surface area contributed by atoms with Gasteiger partial charge in [0.15, 0.2) is 5.96 Å². The van der Waals surface area contributed by atoms with Crippen LogP contribution in [0.3, 0.4) is 0 Å². The highest BCUT2D eigenvalue weighted by molar-refractivity contribution is 5.81. The predicted molar refractivity (Wildman–Crippen MR) is 98.6 cm³/mol. The highest BCUT2D eigenvalue weighted by Crippen LogP contribution is 2.28. The van der Waals surface area contributed by atoms with Crippen molar-refractivity contribution in [2.24, 2.45) is 10.9 Å². The van der Waals surface area contributed by atoms with E-state index >= 15 is 0 Å². The number of pyridine rings is 1. The van der Waals surface area contributed by atoms with E-state index in [2.05, 4.69) is 32.9 Å². The Labute approximate surface area is 149 Å². The number of aromatic nitrogens is 1. The third-order valence-electron chi connectivity index (χ3n) is 3.71. The van der Waals surface area contributed by atoms with E-state index in [0.717, 1.165) is 31.4 Å². The molecule has 0 aliphatic heterocycles. The fourth-order valence-electron chi connectivity index (χ4n) is 2.24. The van der Waals surface area contributed by atoms with Gasteiger partial charge in [-0.1, -0.05) is 13.0 Å². The van der Waals surface area contributed by atoms with E-state index in [1.807, 2.05) is 19.1 Å². The maximum absolute atomic E-state index is 11.6. The molecule has 0 bridgehead atoms. The number of carbonyl (C=O) groups excluding carboxylic acids is 1. The lowest BCUT2D eigenvalue weighted by Crippen LogP contribution is -2.41. The van der Waals surface area contributed by atoms with Gasteiger partial charge in [-0.2, -0.15) is 0 Å². The molecule has 1 fully saturated rings. The Hall–Kier alpha value is -2.31. The number of carbonyl (C=O) groups is 1. The zero-order valence-electron chi connectivity index (χ0n) is 15.2. The molecule has 0 unspecified atom stereocenters. The summed E-state index contributed by atoms with van der Waals surface area (Å²) in [5, 5.41) is 9.37. The molecule has 7 nitrogen and oxygen atoms in total. The minimum absolute atomic E-state index is 0.164. The lowest BCUT2D eigenvalue weighted by molar-refractivity contribution is -0.122. The summed E-state index contributed by atoms with van der Waals surface area (Å²) in [7, 11) is 0. The summed E-state index contributed by atoms with van der Waals surface area (Å²) in [4.78, 5) is 20.5. The van der Waals surface area contributed by atoms with Crippen molar-refractivity contribution in [1.29, 1.82) is 0 Å². The number of aliphatic imine (C=N–C) groups is 1. The monoisotopic (exact) mass is 347 g/mol. The minimum atomic E-state index is 0.164. The molecule has 3 N–H and O–H groups in total. The van der Waals surface area contributed by atoms with Crippen LogP contribution < -0.4 is 20.7 Å². The molecule has 7 heteroatoms. The number of guanidine groups is 1. The SMILES string of the molecule is CCCOc1ncccc1CN=C(NCC)NCCNC(=O)C1CC1. The average Bonchev–Trinajstić information content (AvgIpc) is 3.47. The largest absolute Gasteiger partial charge is 0.477 e. The molecule has 0 atom stereocenters. The van der Waals surface area contributed by atoms with E-state index in [0.29, 0.717) is 38.1 Å². The molecule has 0 spiro atoms. The molecule has 138 valence electrons. The summed E-state index contributed by atoms with van der Waals surface area (Å²) in [5.41, 5.74) is 0.954. The molecule has 0 radical (unpaired) electrons. The number of nitrogens with zero attached hydrogens (tertiary/aromatic N) is 2. The van der Waals surface area contributed by atoms with Crippen LogP contribution in [0.25, 0.3) is 0 Å². The molecular weight excluding hydrogens is 318 g/mol. The molecule has 25 heavy (non-hydrogen) atoms. The van der Waals surface area contributed by atoms with Crippen molar-refractivity contribution >= 4 is 11.9 Å². The van der Waals surface area contributed by atoms with Gasteiger partial charge in [-0.05, 0) is 32.3 Å². The molecule has 1 aromatic heterocycles. The summed E-state index contributed by atoms with van der Waals surface area (Å²) in [6, 6.07) is 3.86. The van der Waals surface area contributed by atoms with Crippen LogP contribution in [0, 0.1) is 5.92 Å². The van der Waals surface area contributed by atoms with Crippen LogP contribution in [0.5, 0.6) is 5.88 Å². The first-order valence-corrected chi connectivity index (χ1v) is 9.11. The van der Waals surface area contributed by atoms with Crippen LogP contribution in [-0.2, 0) is 11.3 Å². The summed E-state index contributed by atoms with van der Waals surface area (Å²) in [6.45, 7) is 7.21. The van der Waals surface area contributed by atoms with Crippen LogP contribution >= 0.6 is 0 Å². The van der Waals surface area contributed by atoms with Crippen molar-refractivity contribution in [3.63, 3.8) is 0 Å². The van der Waals surface area contributed by atoms with Gasteiger partial charge in [0.2, 0.25) is 11.8 Å². The van der Waals surface area contributed by atoms with Gasteiger partial charge in [0, 0.05) is 37.3 Å². The summed E-state index contributed by atoms with van der Waals surface area (Å²) < 4.78 is 5.66. The van der Waals surface area contributed by atoms with Gasteiger partial charge in [-0.3, -0.25) is 4.79 Å². The van der Waals surface area contributed by atoms with Gasteiger partial charge < -0.3 is 20.7 Å². The maximum atomic E-state index is 11.6. The molecular formula is C18H29N5O2. The number of nitrogens with one attached hydrogen (secondary N) is 3. The van der Waals surface area contributed by atoms with E-state index < -0.39 is 0 Å². The smallest absolute Gasteiger partial charge is 0.223 e. The molecule has 1 aliphatic rings. The first-order valence-electron chi connectivity index (χ1n) is 9.11. The van der Waals surface area contributed by atoms with Crippen molar-refractivity contribution in [1.82, 2.24) is 20.9 Å². The van der Waals surface area contributed by atoms with Gasteiger partial charge in [0.1, 0.15) is 0 Å². The molecule has 1 aromatic rings. The van der Waals surface area contributed by atoms with Crippen LogP contribution in [-0.4, -0.2) is 43.1 Å². The Bertz CT molecular complexity index is 572. The fraction of sp³-hybridized carbons (Fsp3) is 0.611. The molecule has 1 heterocycles. The first kappa shape index (κ1) is 19.0. The van der Waals surface area contributed by atoms with E-state index in [4.69, 9.17) is 4.74 Å². The van der Waals surface area contributed by atoms with Crippen molar-refractivity contribution in [3.8, 4) is 5.88 Å². The lowest BCUT2D eigenvalue weighted by atomic mass is 10.3. The zero-order valence-corrected chi connectivity index (χ0v) is 15.2. The second kappa shape index (κ2) is 10.5. The van der Waals surface area contributed by atoms with Gasteiger partial charge in [0.05, 0.1) is 13.2 Å². The number of amides is 1. The quantitative estimate of drug-likeness (QED) is 0.339. The van der Waals surface area contributed by atoms with Crippen molar-refractivity contribution in [3.05, 3.63) is 23.9 Å². The van der Waals surface area contributed by atoms with Crippen molar-refractivity contribution < 1.29 is 9.53 Å². The topological polar surface area (TPSA) is 87.6 Å². The summed E-state index contributed by atoms with van der Waals surface area (Å²) in [5.74, 6) is 1.76. The van der Waals surface area contributed by atoms with Gasteiger partial charge in [0.25, 0.3) is 0 Å². The minimum Gasteiger partial charge on any atom is -0.477 e. The normalized spacial score (nSPS) is 14.1. The predicted octanol–water partition coefficient (Wildman–Crippen LogP) is 1.45. The Kier molecular flexibility index (Phi) is 8.01. The lowest BCUT2D eigenvalue weighted by Gasteiger charge is -2.12. The second-order valence-electron chi connectivity index (χ2n) is 6.00. The second-order valence-corrected chi connectivity index (χ2v) is 6.00. The van der Waals surface area contributed by atoms with E-state index in [9.17, 15) is 4.79 Å². The Morgan fingerprint density at radius 2 is 2.08 bits per heavy atom. The van der Waals surface area contributed by atoms with Crippen LogP contribution in [0.4, 0.5) is 0 Å². The fourth-order valence-corrected chi connectivity index (χ4v) is 2.24. The van der Waals surface area contributed by atoms with Gasteiger partial charge in [-0.15, -0.1) is 0 Å². The Morgan fingerprint density at radius 1 is 1.28 bits per heavy atom. The average molecular weight is 347 g/mol. The molecule has 0 aromatic carbocycles. The third-order valence-corrected chi connectivity index (χ3v) is 3.71. The summed E-state index contributed by atoms with van der Waals surface area (Å²) in [6.07, 6.45) is 4.72. The van der Waals surface area contributed by atoms with Crippen LogP contribution in [0.15, 0.2) is 23.3 Å². The van der Waals surface area contributed by atoms with Gasteiger partial charge >= 0.3 is 0 Å². The molecule has 2 rings (SSSR count). The van der Waals surface area contributed by atoms with Crippen molar-refractivity contribution in [2.75, 3.05) is 26.2 Å². The molecule has 1 amide bonds. The Balaban J connectivity index is 1.82. The number of rotatable bonds is 10. The van der Waals surface area contributed by atoms with Gasteiger partial charge in [-0.25, -0.2) is 9.98 Å². The van der Waals surface area contributed by atoms with Crippen LogP contribution in [0.1, 0.15) is 38.7 Å². The van der Waals surface area contributed by atoms with E-state index in [-0.39, 0.29) is 11.8 Å². The number of hydrogen-bond acceptors (Lipinski definition) is 4. The van der Waals surface area contributed by atoms with E-state index in [1.165, 1.54) is 0 Å². The van der Waals surface area contributed by atoms with Crippen molar-refractivity contribution in [2.45, 2.75) is 39.7 Å². The number of ether oxygens (including phenoxy) is 1. The third kappa shape index (κ3) is 6.99. The van der Waals surface area contributed by atoms with Crippen LogP contribution in [0.2, 0.25) is 0 Å². The highest BCUT2D eigenvalue weighted by Gasteiger charge is 2.28. The number of hydrogen-bond donors (Lipinski definition) is 3. The summed E-state index contributed by atoms with van der Waals surface area (Å²) >= 11 is 0. The first-order chi connectivity index (χ1) is 12.2. The molecule has 0 saturated heterocycles. The standard InChI is InChI=1S/C18H29N5O2/c1-3-12-25-17-15(6-5-9-21-17)13-23-18(19-4-2)22-11-10-20-16(24)14-7-8-14/h5-6,9,14H,3-4,7-8,10-13H2,1-2H3,(H,20,24)(H2,19,22,23). The molecule has 1 aliphatic carbocycles. The zero-order chi connectivity index (χ0) is 17.9. The molecule has 1 saturated carbocycles. The Morgan fingerprint density at radius 3 is 2.80 bits per heavy atom. The maximum Gasteiger partial charge on any atom is 0.223 e. The highest BCUT2D eigenvalue weighted by atomic mass is 16.5. The van der Waals surface area contributed by atoms with E-state index in [1.54, 1.807) is 6.20 Å².